The molecule has 0 radical (unpaired) electrons. The molecule has 1 N–H and O–H groups in total. The SMILES string of the molecule is Cc1cc(NC(=O)C(C)(C)C(=O)N(C)CCc2ccncc2)no1. The van der Waals surface area contributed by atoms with E-state index in [2.05, 4.69) is 15.5 Å². The highest BCUT2D eigenvalue weighted by Gasteiger charge is 2.38. The second kappa shape index (κ2) is 7.25. The van der Waals surface area contributed by atoms with Crippen molar-refractivity contribution in [1.82, 2.24) is 15.0 Å². The molecular weight excluding hydrogens is 308 g/mol. The molecule has 2 amide bonds. The van der Waals surface area contributed by atoms with Gasteiger partial charge in [-0.05, 0) is 44.9 Å². The molecule has 24 heavy (non-hydrogen) atoms. The zero-order valence-corrected chi connectivity index (χ0v) is 14.4. The Morgan fingerprint density at radius 3 is 2.54 bits per heavy atom. The average Bonchev–Trinajstić information content (AvgIpc) is 2.97. The van der Waals surface area contributed by atoms with Crippen LogP contribution in [0.4, 0.5) is 5.82 Å². The Balaban J connectivity index is 1.96. The Bertz CT molecular complexity index is 710. The average molecular weight is 330 g/mol. The number of pyridine rings is 1. The Labute approximate surface area is 141 Å². The summed E-state index contributed by atoms with van der Waals surface area (Å²) in [6, 6.07) is 5.41. The summed E-state index contributed by atoms with van der Waals surface area (Å²) in [6.45, 7) is 5.44. The van der Waals surface area contributed by atoms with E-state index in [4.69, 9.17) is 4.52 Å². The molecule has 0 aliphatic carbocycles. The number of aryl methyl sites for hydroxylation is 1. The van der Waals surface area contributed by atoms with Gasteiger partial charge in [0.2, 0.25) is 11.8 Å². The first-order valence-corrected chi connectivity index (χ1v) is 7.70. The number of amides is 2. The van der Waals surface area contributed by atoms with Crippen molar-refractivity contribution in [2.24, 2.45) is 5.41 Å². The van der Waals surface area contributed by atoms with Gasteiger partial charge in [-0.1, -0.05) is 5.16 Å². The maximum atomic E-state index is 12.6. The molecule has 0 aromatic carbocycles. The normalized spacial score (nSPS) is 11.2. The molecule has 0 unspecified atom stereocenters. The molecule has 2 heterocycles. The van der Waals surface area contributed by atoms with Crippen molar-refractivity contribution in [1.29, 1.82) is 0 Å². The quantitative estimate of drug-likeness (QED) is 0.819. The van der Waals surface area contributed by atoms with Gasteiger partial charge in [0.1, 0.15) is 11.2 Å². The van der Waals surface area contributed by atoms with E-state index >= 15 is 0 Å². The van der Waals surface area contributed by atoms with E-state index in [-0.39, 0.29) is 5.91 Å². The van der Waals surface area contributed by atoms with Gasteiger partial charge in [-0.25, -0.2) is 0 Å². The molecule has 0 saturated carbocycles. The molecule has 0 bridgehead atoms. The number of anilines is 1. The van der Waals surface area contributed by atoms with Crippen LogP contribution in [0.1, 0.15) is 25.2 Å². The first kappa shape index (κ1) is 17.7. The minimum Gasteiger partial charge on any atom is -0.360 e. The predicted molar refractivity (Wildman–Crippen MR) is 89.2 cm³/mol. The van der Waals surface area contributed by atoms with Gasteiger partial charge in [-0.3, -0.25) is 14.6 Å². The first-order valence-electron chi connectivity index (χ1n) is 7.70. The van der Waals surface area contributed by atoms with Gasteiger partial charge in [0, 0.05) is 32.1 Å². The largest absolute Gasteiger partial charge is 0.360 e. The molecule has 2 aromatic heterocycles. The fraction of sp³-hybridized carbons (Fsp3) is 0.412. The molecule has 7 nitrogen and oxygen atoms in total. The van der Waals surface area contributed by atoms with Gasteiger partial charge in [-0.2, -0.15) is 0 Å². The monoisotopic (exact) mass is 330 g/mol. The summed E-state index contributed by atoms with van der Waals surface area (Å²) >= 11 is 0. The second-order valence-electron chi connectivity index (χ2n) is 6.23. The van der Waals surface area contributed by atoms with Crippen molar-refractivity contribution in [3.63, 3.8) is 0 Å². The summed E-state index contributed by atoms with van der Waals surface area (Å²) in [5, 5.41) is 6.32. The van der Waals surface area contributed by atoms with Crippen LogP contribution in [0.2, 0.25) is 0 Å². The van der Waals surface area contributed by atoms with Crippen LogP contribution in [-0.2, 0) is 16.0 Å². The van der Waals surface area contributed by atoms with Gasteiger partial charge in [0.15, 0.2) is 5.82 Å². The Hall–Kier alpha value is -2.70. The third-order valence-corrected chi connectivity index (χ3v) is 3.80. The minimum absolute atomic E-state index is 0.255. The lowest BCUT2D eigenvalue weighted by Gasteiger charge is -2.28. The van der Waals surface area contributed by atoms with E-state index in [1.165, 1.54) is 0 Å². The number of carbonyl (C=O) groups excluding carboxylic acids is 2. The summed E-state index contributed by atoms with van der Waals surface area (Å²) in [4.78, 5) is 30.6. The Kier molecular flexibility index (Phi) is 5.33. The number of hydrogen-bond acceptors (Lipinski definition) is 5. The summed E-state index contributed by atoms with van der Waals surface area (Å²) in [7, 11) is 1.69. The summed E-state index contributed by atoms with van der Waals surface area (Å²) in [5.74, 6) is 0.215. The van der Waals surface area contributed by atoms with E-state index in [1.807, 2.05) is 12.1 Å². The zero-order valence-electron chi connectivity index (χ0n) is 14.4. The van der Waals surface area contributed by atoms with Crippen LogP contribution in [0, 0.1) is 12.3 Å². The van der Waals surface area contributed by atoms with Crippen LogP contribution in [-0.4, -0.2) is 40.4 Å². The topological polar surface area (TPSA) is 88.3 Å². The van der Waals surface area contributed by atoms with Crippen molar-refractivity contribution >= 4 is 17.6 Å². The van der Waals surface area contributed by atoms with Crippen molar-refractivity contribution < 1.29 is 14.1 Å². The maximum absolute atomic E-state index is 12.6. The molecule has 7 heteroatoms. The molecule has 0 fully saturated rings. The number of carbonyl (C=O) groups is 2. The first-order chi connectivity index (χ1) is 11.3. The van der Waals surface area contributed by atoms with Crippen LogP contribution in [0.25, 0.3) is 0 Å². The Morgan fingerprint density at radius 2 is 1.96 bits per heavy atom. The standard InChI is InChI=1S/C17H22N4O3/c1-12-11-14(20-24-12)19-15(22)17(2,3)16(23)21(4)10-7-13-5-8-18-9-6-13/h5-6,8-9,11H,7,10H2,1-4H3,(H,19,20,22). The maximum Gasteiger partial charge on any atom is 0.240 e. The van der Waals surface area contributed by atoms with Crippen LogP contribution in [0.5, 0.6) is 0 Å². The molecule has 0 spiro atoms. The number of aromatic nitrogens is 2. The lowest BCUT2D eigenvalue weighted by Crippen LogP contribution is -2.46. The zero-order chi connectivity index (χ0) is 17.7. The fourth-order valence-corrected chi connectivity index (χ4v) is 2.22. The van der Waals surface area contributed by atoms with Crippen molar-refractivity contribution in [3.05, 3.63) is 41.9 Å². The highest BCUT2D eigenvalue weighted by Crippen LogP contribution is 2.21. The highest BCUT2D eigenvalue weighted by atomic mass is 16.5. The van der Waals surface area contributed by atoms with Gasteiger partial charge in [0.05, 0.1) is 0 Å². The Morgan fingerprint density at radius 1 is 1.29 bits per heavy atom. The minimum atomic E-state index is -1.21. The predicted octanol–water partition coefficient (Wildman–Crippen LogP) is 2.04. The molecule has 128 valence electrons. The number of nitrogens with one attached hydrogen (secondary N) is 1. The van der Waals surface area contributed by atoms with Crippen LogP contribution < -0.4 is 5.32 Å². The van der Waals surface area contributed by atoms with Crippen LogP contribution in [0.3, 0.4) is 0 Å². The van der Waals surface area contributed by atoms with E-state index < -0.39 is 11.3 Å². The van der Waals surface area contributed by atoms with Crippen molar-refractivity contribution in [2.75, 3.05) is 18.9 Å². The summed E-state index contributed by atoms with van der Waals surface area (Å²) < 4.78 is 4.91. The number of rotatable bonds is 6. The fourth-order valence-electron chi connectivity index (χ4n) is 2.22. The van der Waals surface area contributed by atoms with Crippen molar-refractivity contribution in [2.45, 2.75) is 27.2 Å². The lowest BCUT2D eigenvalue weighted by atomic mass is 9.90. The molecule has 2 aromatic rings. The van der Waals surface area contributed by atoms with Crippen LogP contribution >= 0.6 is 0 Å². The van der Waals surface area contributed by atoms with E-state index in [0.717, 1.165) is 5.56 Å². The third-order valence-electron chi connectivity index (χ3n) is 3.80. The summed E-state index contributed by atoms with van der Waals surface area (Å²) in [5.41, 5.74) is -0.121. The molecule has 0 aliphatic rings. The molecule has 0 aliphatic heterocycles. The van der Waals surface area contributed by atoms with E-state index in [1.54, 1.807) is 51.2 Å². The van der Waals surface area contributed by atoms with Gasteiger partial charge in [0.25, 0.3) is 0 Å². The number of nitrogens with zero attached hydrogens (tertiary/aromatic N) is 3. The van der Waals surface area contributed by atoms with Gasteiger partial charge >= 0.3 is 0 Å². The molecule has 0 saturated heterocycles. The van der Waals surface area contributed by atoms with Crippen molar-refractivity contribution in [3.8, 4) is 0 Å². The lowest BCUT2D eigenvalue weighted by molar-refractivity contribution is -0.145. The summed E-state index contributed by atoms with van der Waals surface area (Å²) in [6.07, 6.45) is 4.13. The smallest absolute Gasteiger partial charge is 0.240 e. The number of hydrogen-bond donors (Lipinski definition) is 1. The van der Waals surface area contributed by atoms with E-state index in [0.29, 0.717) is 24.5 Å². The third kappa shape index (κ3) is 4.18. The molecular formula is C17H22N4O3. The second-order valence-corrected chi connectivity index (χ2v) is 6.23. The van der Waals surface area contributed by atoms with Gasteiger partial charge < -0.3 is 14.7 Å². The molecule has 0 atom stereocenters. The molecule has 2 rings (SSSR count). The van der Waals surface area contributed by atoms with E-state index in [9.17, 15) is 9.59 Å². The number of likely N-dealkylation sites (N-methyl/N-ethyl adjacent to an activating group) is 1. The van der Waals surface area contributed by atoms with Crippen LogP contribution in [0.15, 0.2) is 35.1 Å². The highest BCUT2D eigenvalue weighted by molar-refractivity contribution is 6.09. The van der Waals surface area contributed by atoms with Gasteiger partial charge in [-0.15, -0.1) is 0 Å².